The lowest BCUT2D eigenvalue weighted by Crippen LogP contribution is -2.57. The molecule has 4 rings (SSSR count). The Labute approximate surface area is 197 Å². The van der Waals surface area contributed by atoms with Crippen LogP contribution in [0.15, 0.2) is 0 Å². The van der Waals surface area contributed by atoms with Crippen LogP contribution in [0, 0.1) is 17.2 Å². The van der Waals surface area contributed by atoms with Gasteiger partial charge in [-0.25, -0.2) is 4.79 Å². The zero-order chi connectivity index (χ0) is 23.1. The van der Waals surface area contributed by atoms with E-state index in [4.69, 9.17) is 9.57 Å². The number of rotatable bonds is 7. The van der Waals surface area contributed by atoms with Crippen molar-refractivity contribution in [2.75, 3.05) is 39.4 Å². The van der Waals surface area contributed by atoms with E-state index in [2.05, 4.69) is 21.6 Å². The van der Waals surface area contributed by atoms with E-state index in [9.17, 15) is 14.9 Å². The highest BCUT2D eigenvalue weighted by molar-refractivity contribution is 5.86. The fraction of sp³-hybridized carbons (Fsp3) is 0.875. The van der Waals surface area contributed by atoms with E-state index in [1.165, 1.54) is 32.1 Å². The highest BCUT2D eigenvalue weighted by atomic mass is 16.7. The standard InChI is InChI=1S/C24H39N5O4/c25-17-24(10-11-28(18-24)20-8-4-5-9-20)27-22(30)21(16-19-6-2-1-3-7-19)26-23(31)33-29-12-14-32-15-13-29/h19-21H,1-16,18H2,(H,26,31)(H,27,30). The first-order chi connectivity index (χ1) is 16.1. The van der Waals surface area contributed by atoms with Gasteiger partial charge in [0.2, 0.25) is 5.91 Å². The predicted molar refractivity (Wildman–Crippen MR) is 122 cm³/mol. The Hall–Kier alpha value is -1.89. The molecule has 0 spiro atoms. The van der Waals surface area contributed by atoms with E-state index < -0.39 is 17.7 Å². The van der Waals surface area contributed by atoms with Crippen molar-refractivity contribution in [3.63, 3.8) is 0 Å². The zero-order valence-electron chi connectivity index (χ0n) is 19.7. The maximum Gasteiger partial charge on any atom is 0.426 e. The van der Waals surface area contributed by atoms with Gasteiger partial charge >= 0.3 is 6.09 Å². The van der Waals surface area contributed by atoms with E-state index in [-0.39, 0.29) is 5.91 Å². The van der Waals surface area contributed by atoms with Crippen LogP contribution in [0.25, 0.3) is 0 Å². The minimum absolute atomic E-state index is 0.269. The van der Waals surface area contributed by atoms with Gasteiger partial charge in [-0.3, -0.25) is 9.69 Å². The third-order valence-electron chi connectivity index (χ3n) is 7.80. The molecule has 2 amide bonds. The second-order valence-electron chi connectivity index (χ2n) is 10.2. The lowest BCUT2D eigenvalue weighted by molar-refractivity contribution is -0.147. The van der Waals surface area contributed by atoms with Gasteiger partial charge in [-0.2, -0.15) is 5.26 Å². The Kier molecular flexibility index (Phi) is 8.45. The molecule has 2 aliphatic carbocycles. The maximum absolute atomic E-state index is 13.4. The van der Waals surface area contributed by atoms with Crippen molar-refractivity contribution in [2.24, 2.45) is 5.92 Å². The Morgan fingerprint density at radius 1 is 1.06 bits per heavy atom. The largest absolute Gasteiger partial charge is 0.426 e. The Balaban J connectivity index is 1.38. The number of carbonyl (C=O) groups excluding carboxylic acids is 2. The minimum Gasteiger partial charge on any atom is -0.379 e. The quantitative estimate of drug-likeness (QED) is 0.599. The van der Waals surface area contributed by atoms with Crippen LogP contribution in [-0.4, -0.2) is 79.0 Å². The molecule has 33 heavy (non-hydrogen) atoms. The van der Waals surface area contributed by atoms with Gasteiger partial charge in [-0.05, 0) is 31.6 Å². The van der Waals surface area contributed by atoms with Gasteiger partial charge in [0.15, 0.2) is 0 Å². The molecule has 2 unspecified atom stereocenters. The molecule has 2 atom stereocenters. The van der Waals surface area contributed by atoms with Crippen LogP contribution >= 0.6 is 0 Å². The molecule has 0 bridgehead atoms. The molecule has 0 radical (unpaired) electrons. The minimum atomic E-state index is -0.889. The van der Waals surface area contributed by atoms with E-state index in [1.807, 2.05) is 0 Å². The lowest BCUT2D eigenvalue weighted by Gasteiger charge is -2.31. The number of hydroxylamine groups is 2. The van der Waals surface area contributed by atoms with Crippen molar-refractivity contribution >= 4 is 12.0 Å². The van der Waals surface area contributed by atoms with Gasteiger partial charge < -0.3 is 20.2 Å². The molecule has 4 aliphatic rings. The number of carbonyl (C=O) groups is 2. The highest BCUT2D eigenvalue weighted by Crippen LogP contribution is 2.31. The summed E-state index contributed by atoms with van der Waals surface area (Å²) < 4.78 is 5.29. The lowest BCUT2D eigenvalue weighted by atomic mass is 9.84. The summed E-state index contributed by atoms with van der Waals surface area (Å²) in [4.78, 5) is 33.8. The smallest absolute Gasteiger partial charge is 0.379 e. The van der Waals surface area contributed by atoms with E-state index in [0.29, 0.717) is 57.6 Å². The molecule has 4 fully saturated rings. The van der Waals surface area contributed by atoms with Crippen molar-refractivity contribution in [1.82, 2.24) is 20.6 Å². The summed E-state index contributed by atoms with van der Waals surface area (Å²) in [5.41, 5.74) is -0.889. The van der Waals surface area contributed by atoms with Crippen molar-refractivity contribution in [3.05, 3.63) is 0 Å². The number of hydrogen-bond donors (Lipinski definition) is 2. The second kappa shape index (κ2) is 11.5. The van der Waals surface area contributed by atoms with Crippen LogP contribution in [0.1, 0.15) is 70.6 Å². The van der Waals surface area contributed by atoms with Crippen molar-refractivity contribution in [1.29, 1.82) is 5.26 Å². The zero-order valence-corrected chi connectivity index (χ0v) is 19.7. The van der Waals surface area contributed by atoms with E-state index >= 15 is 0 Å². The van der Waals surface area contributed by atoms with Gasteiger partial charge in [0.1, 0.15) is 11.6 Å². The van der Waals surface area contributed by atoms with Gasteiger partial charge in [-0.1, -0.05) is 44.9 Å². The van der Waals surface area contributed by atoms with Gasteiger partial charge in [0.05, 0.1) is 32.4 Å². The SMILES string of the molecule is N#CC1(NC(=O)C(CC2CCCCC2)NC(=O)ON2CCOCC2)CCN(C2CCCC2)C1. The van der Waals surface area contributed by atoms with Crippen molar-refractivity contribution < 1.29 is 19.2 Å². The molecule has 0 aromatic heterocycles. The number of amides is 2. The summed E-state index contributed by atoms with van der Waals surface area (Å²) in [6.45, 7) is 3.46. The topological polar surface area (TPSA) is 107 Å². The van der Waals surface area contributed by atoms with Gasteiger partial charge in [0, 0.05) is 19.1 Å². The second-order valence-corrected chi connectivity index (χ2v) is 10.2. The van der Waals surface area contributed by atoms with Crippen LogP contribution in [-0.2, 0) is 14.4 Å². The van der Waals surface area contributed by atoms with Crippen LogP contribution in [0.4, 0.5) is 4.79 Å². The summed E-state index contributed by atoms with van der Waals surface area (Å²) in [5.74, 6) is 0.129. The molecule has 2 saturated heterocycles. The molecule has 2 aliphatic heterocycles. The van der Waals surface area contributed by atoms with Crippen LogP contribution in [0.3, 0.4) is 0 Å². The van der Waals surface area contributed by atoms with Crippen LogP contribution < -0.4 is 10.6 Å². The summed E-state index contributed by atoms with van der Waals surface area (Å²) in [7, 11) is 0. The number of ether oxygens (including phenoxy) is 1. The Morgan fingerprint density at radius 3 is 2.45 bits per heavy atom. The third kappa shape index (κ3) is 6.58. The molecular weight excluding hydrogens is 422 g/mol. The molecule has 9 nitrogen and oxygen atoms in total. The average molecular weight is 462 g/mol. The molecule has 2 N–H and O–H groups in total. The van der Waals surface area contributed by atoms with E-state index in [0.717, 1.165) is 32.2 Å². The van der Waals surface area contributed by atoms with Crippen LogP contribution in [0.5, 0.6) is 0 Å². The molecular formula is C24H39N5O4. The molecule has 2 saturated carbocycles. The number of likely N-dealkylation sites (tertiary alicyclic amines) is 1. The average Bonchev–Trinajstić information content (AvgIpc) is 3.51. The first kappa shape index (κ1) is 24.2. The maximum atomic E-state index is 13.4. The van der Waals surface area contributed by atoms with Crippen molar-refractivity contribution in [2.45, 2.75) is 88.3 Å². The molecule has 2 heterocycles. The molecule has 184 valence electrons. The molecule has 0 aromatic rings. The summed E-state index contributed by atoms with van der Waals surface area (Å²) in [6.07, 6.45) is 11.1. The molecule has 9 heteroatoms. The predicted octanol–water partition coefficient (Wildman–Crippen LogP) is 2.33. The normalized spacial score (nSPS) is 28.8. The van der Waals surface area contributed by atoms with E-state index in [1.54, 1.807) is 5.06 Å². The number of nitriles is 1. The monoisotopic (exact) mass is 461 g/mol. The number of morpholine rings is 1. The fourth-order valence-corrected chi connectivity index (χ4v) is 5.88. The highest BCUT2D eigenvalue weighted by Gasteiger charge is 2.43. The van der Waals surface area contributed by atoms with Crippen molar-refractivity contribution in [3.8, 4) is 6.07 Å². The summed E-state index contributed by atoms with van der Waals surface area (Å²) >= 11 is 0. The van der Waals surface area contributed by atoms with Gasteiger partial charge in [-0.15, -0.1) is 5.06 Å². The first-order valence-corrected chi connectivity index (χ1v) is 12.9. The summed E-state index contributed by atoms with van der Waals surface area (Å²) in [5, 5.41) is 17.4. The van der Waals surface area contributed by atoms with Crippen LogP contribution in [0.2, 0.25) is 0 Å². The number of nitrogens with one attached hydrogen (secondary N) is 2. The Morgan fingerprint density at radius 2 is 1.76 bits per heavy atom. The fourth-order valence-electron chi connectivity index (χ4n) is 5.88. The number of nitrogens with zero attached hydrogens (tertiary/aromatic N) is 3. The molecule has 0 aromatic carbocycles. The first-order valence-electron chi connectivity index (χ1n) is 12.9. The van der Waals surface area contributed by atoms with Gasteiger partial charge in [0.25, 0.3) is 0 Å². The number of hydrogen-bond acceptors (Lipinski definition) is 7. The third-order valence-corrected chi connectivity index (χ3v) is 7.80. The Bertz CT molecular complexity index is 710. The summed E-state index contributed by atoms with van der Waals surface area (Å²) in [6, 6.07) is 2.22.